The van der Waals surface area contributed by atoms with Gasteiger partial charge in [0.1, 0.15) is 0 Å². The number of benzene rings is 1. The van der Waals surface area contributed by atoms with Crippen LogP contribution in [-0.2, 0) is 0 Å². The van der Waals surface area contributed by atoms with Gasteiger partial charge in [0.25, 0.3) is 0 Å². The maximum absolute atomic E-state index is 11.4. The van der Waals surface area contributed by atoms with Crippen LogP contribution in [0.2, 0.25) is 0 Å². The Balaban J connectivity index is 3.36. The Morgan fingerprint density at radius 3 is 2.64 bits per heavy atom. The molecule has 5 heteroatoms. The zero-order valence-corrected chi connectivity index (χ0v) is 8.84. The molecule has 0 spiro atoms. The average Bonchev–Trinajstić information content (AvgIpc) is 2.20. The Labute approximate surface area is 89.6 Å². The van der Waals surface area contributed by atoms with Crippen molar-refractivity contribution in [3.63, 3.8) is 0 Å². The lowest BCUT2D eigenvalue weighted by molar-refractivity contribution is 0.102. The lowest BCUT2D eigenvalue weighted by atomic mass is 10.0. The van der Waals surface area contributed by atoms with Gasteiger partial charge in [-0.25, -0.2) is 0 Å². The molecular weight excluding hydrogens is 246 g/mol. The van der Waals surface area contributed by atoms with Crippen LogP contribution in [-0.4, -0.2) is 11.1 Å². The summed E-state index contributed by atoms with van der Waals surface area (Å²) >= 11 is 3.03. The van der Waals surface area contributed by atoms with E-state index in [2.05, 4.69) is 15.9 Å². The van der Waals surface area contributed by atoms with E-state index < -0.39 is 0 Å². The molecule has 0 bridgehead atoms. The number of rotatable bonds is 2. The largest absolute Gasteiger partial charge is 0.397 e. The van der Waals surface area contributed by atoms with E-state index in [-0.39, 0.29) is 22.5 Å². The van der Waals surface area contributed by atoms with E-state index in [1.54, 1.807) is 0 Å². The fourth-order valence-electron chi connectivity index (χ4n) is 1.04. The Morgan fingerprint density at radius 1 is 1.50 bits per heavy atom. The minimum Gasteiger partial charge on any atom is -0.397 e. The van der Waals surface area contributed by atoms with Gasteiger partial charge in [0.15, 0.2) is 5.78 Å². The highest BCUT2D eigenvalue weighted by Crippen LogP contribution is 2.23. The van der Waals surface area contributed by atoms with Crippen LogP contribution in [0.15, 0.2) is 12.1 Å². The Kier molecular flexibility index (Phi) is 3.10. The summed E-state index contributed by atoms with van der Waals surface area (Å²) in [5.74, 6) is -0.189. The molecule has 14 heavy (non-hydrogen) atoms. The van der Waals surface area contributed by atoms with E-state index in [0.29, 0.717) is 11.1 Å². The molecule has 0 fully saturated rings. The van der Waals surface area contributed by atoms with E-state index in [0.717, 1.165) is 0 Å². The highest BCUT2D eigenvalue weighted by atomic mass is 79.9. The first-order valence-electron chi connectivity index (χ1n) is 3.78. The molecule has 4 nitrogen and oxygen atoms in total. The molecule has 0 aliphatic heterocycles. The molecule has 0 aliphatic carbocycles. The number of hydrogen-bond donors (Lipinski definition) is 2. The highest BCUT2D eigenvalue weighted by Gasteiger charge is 2.12. The van der Waals surface area contributed by atoms with Crippen molar-refractivity contribution in [2.75, 3.05) is 16.8 Å². The summed E-state index contributed by atoms with van der Waals surface area (Å²) in [6.45, 7) is 0. The smallest absolute Gasteiger partial charge is 0.175 e. The van der Waals surface area contributed by atoms with Crippen LogP contribution in [0.3, 0.4) is 0 Å². The van der Waals surface area contributed by atoms with Gasteiger partial charge in [0.2, 0.25) is 0 Å². The number of carbonyl (C=O) groups excluding carboxylic acids is 1. The molecule has 1 aromatic carbocycles. The molecule has 1 aromatic rings. The topological polar surface area (TPSA) is 92.9 Å². The summed E-state index contributed by atoms with van der Waals surface area (Å²) in [7, 11) is 0. The van der Waals surface area contributed by atoms with Crippen LogP contribution in [0.5, 0.6) is 0 Å². The molecule has 0 radical (unpaired) electrons. The molecule has 0 atom stereocenters. The molecule has 0 heterocycles. The molecular formula is C9H8BrN3O. The molecule has 0 saturated carbocycles. The average molecular weight is 254 g/mol. The van der Waals surface area contributed by atoms with Gasteiger partial charge in [-0.1, -0.05) is 15.9 Å². The van der Waals surface area contributed by atoms with Crippen molar-refractivity contribution in [3.8, 4) is 6.07 Å². The standard InChI is InChI=1S/C9H8BrN3O/c10-3-8(14)6-1-5(4-11)2-7(12)9(6)13/h1-2H,3,12-13H2. The molecule has 0 saturated heterocycles. The van der Waals surface area contributed by atoms with Crippen molar-refractivity contribution in [2.24, 2.45) is 0 Å². The van der Waals surface area contributed by atoms with Gasteiger partial charge in [0.05, 0.1) is 28.3 Å². The number of nitriles is 1. The predicted octanol–water partition coefficient (Wildman–Crippen LogP) is 1.30. The van der Waals surface area contributed by atoms with Crippen LogP contribution >= 0.6 is 15.9 Å². The Hall–Kier alpha value is -1.54. The second-order valence-corrected chi connectivity index (χ2v) is 3.26. The van der Waals surface area contributed by atoms with E-state index in [1.807, 2.05) is 6.07 Å². The van der Waals surface area contributed by atoms with Gasteiger partial charge >= 0.3 is 0 Å². The van der Waals surface area contributed by atoms with Gasteiger partial charge in [-0.3, -0.25) is 4.79 Å². The number of carbonyl (C=O) groups is 1. The van der Waals surface area contributed by atoms with E-state index in [1.165, 1.54) is 12.1 Å². The summed E-state index contributed by atoms with van der Waals surface area (Å²) in [6, 6.07) is 4.80. The van der Waals surface area contributed by atoms with E-state index in [9.17, 15) is 4.79 Å². The summed E-state index contributed by atoms with van der Waals surface area (Å²) in [4.78, 5) is 11.4. The van der Waals surface area contributed by atoms with Gasteiger partial charge in [-0.15, -0.1) is 0 Å². The summed E-state index contributed by atoms with van der Waals surface area (Å²) in [6.07, 6.45) is 0. The van der Waals surface area contributed by atoms with E-state index in [4.69, 9.17) is 16.7 Å². The fraction of sp³-hybridized carbons (Fsp3) is 0.111. The SMILES string of the molecule is N#Cc1cc(N)c(N)c(C(=O)CBr)c1. The van der Waals surface area contributed by atoms with Gasteiger partial charge in [0, 0.05) is 5.56 Å². The number of nitrogen functional groups attached to an aromatic ring is 2. The molecule has 72 valence electrons. The predicted molar refractivity (Wildman–Crippen MR) is 58.1 cm³/mol. The third-order valence-corrected chi connectivity index (χ3v) is 2.27. The number of anilines is 2. The van der Waals surface area contributed by atoms with Gasteiger partial charge in [-0.2, -0.15) is 5.26 Å². The lowest BCUT2D eigenvalue weighted by Crippen LogP contribution is -2.08. The highest BCUT2D eigenvalue weighted by molar-refractivity contribution is 9.09. The number of alkyl halides is 1. The lowest BCUT2D eigenvalue weighted by Gasteiger charge is -2.06. The number of nitrogens with two attached hydrogens (primary N) is 2. The third-order valence-electron chi connectivity index (χ3n) is 1.76. The summed E-state index contributed by atoms with van der Waals surface area (Å²) in [5, 5.41) is 8.82. The zero-order chi connectivity index (χ0) is 10.7. The molecule has 0 amide bonds. The quantitative estimate of drug-likeness (QED) is 0.472. The molecule has 0 unspecified atom stereocenters. The minimum absolute atomic E-state index is 0.158. The van der Waals surface area contributed by atoms with Crippen LogP contribution in [0.1, 0.15) is 15.9 Å². The fourth-order valence-corrected chi connectivity index (χ4v) is 1.34. The normalized spacial score (nSPS) is 9.43. The molecule has 0 aliphatic rings. The number of nitrogens with zero attached hydrogens (tertiary/aromatic N) is 1. The second kappa shape index (κ2) is 4.11. The van der Waals surface area contributed by atoms with Crippen LogP contribution in [0.4, 0.5) is 11.4 Å². The summed E-state index contributed by atoms with van der Waals surface area (Å²) in [5.41, 5.74) is 12.3. The number of hydrogen-bond acceptors (Lipinski definition) is 4. The van der Waals surface area contributed by atoms with Crippen molar-refractivity contribution in [2.45, 2.75) is 0 Å². The zero-order valence-electron chi connectivity index (χ0n) is 7.25. The Morgan fingerprint density at radius 2 is 2.14 bits per heavy atom. The third kappa shape index (κ3) is 1.86. The number of Topliss-reactive ketones (excluding diaryl/α,β-unsaturated/α-hetero) is 1. The maximum Gasteiger partial charge on any atom is 0.175 e. The van der Waals surface area contributed by atoms with Crippen molar-refractivity contribution >= 4 is 33.1 Å². The van der Waals surface area contributed by atoms with Crippen LogP contribution in [0.25, 0.3) is 0 Å². The van der Waals surface area contributed by atoms with Crippen molar-refractivity contribution in [1.29, 1.82) is 5.26 Å². The molecule has 0 aromatic heterocycles. The monoisotopic (exact) mass is 253 g/mol. The first-order chi connectivity index (χ1) is 6.60. The first-order valence-corrected chi connectivity index (χ1v) is 4.90. The number of halogens is 1. The molecule has 1 rings (SSSR count). The van der Waals surface area contributed by atoms with Crippen LogP contribution in [0, 0.1) is 11.3 Å². The first kappa shape index (κ1) is 10.5. The Bertz CT molecular complexity index is 423. The number of ketones is 1. The minimum atomic E-state index is -0.189. The van der Waals surface area contributed by atoms with Crippen molar-refractivity contribution < 1.29 is 4.79 Å². The van der Waals surface area contributed by atoms with Crippen LogP contribution < -0.4 is 11.5 Å². The van der Waals surface area contributed by atoms with Gasteiger partial charge < -0.3 is 11.5 Å². The van der Waals surface area contributed by atoms with E-state index >= 15 is 0 Å². The maximum atomic E-state index is 11.4. The molecule has 4 N–H and O–H groups in total. The van der Waals surface area contributed by atoms with Gasteiger partial charge in [-0.05, 0) is 12.1 Å². The van der Waals surface area contributed by atoms with Crippen molar-refractivity contribution in [3.05, 3.63) is 23.3 Å². The summed E-state index contributed by atoms with van der Waals surface area (Å²) < 4.78 is 0. The second-order valence-electron chi connectivity index (χ2n) is 2.70. The van der Waals surface area contributed by atoms with Crippen molar-refractivity contribution in [1.82, 2.24) is 0 Å².